The predicted octanol–water partition coefficient (Wildman–Crippen LogP) is 5.89. The number of thiophene rings is 1. The van der Waals surface area contributed by atoms with Crippen molar-refractivity contribution in [2.45, 2.75) is 0 Å². The Morgan fingerprint density at radius 2 is 1.96 bits per heavy atom. The maximum Gasteiger partial charge on any atom is 0.353 e. The lowest BCUT2D eigenvalue weighted by atomic mass is 10.1. The van der Waals surface area contributed by atoms with Gasteiger partial charge in [0.1, 0.15) is 16.4 Å². The number of Topliss-reactive ketones (excluding diaryl/α,β-unsaturated/α-hetero) is 1. The highest BCUT2D eigenvalue weighted by molar-refractivity contribution is 7.12. The molecular formula is C20H10Cl2O4S. The third kappa shape index (κ3) is 3.62. The second-order valence-electron chi connectivity index (χ2n) is 5.63. The number of hydrogen-bond acceptors (Lipinski definition) is 5. The van der Waals surface area contributed by atoms with Crippen LogP contribution in [0.4, 0.5) is 0 Å². The fraction of sp³-hybridized carbons (Fsp3) is 0. The van der Waals surface area contributed by atoms with E-state index in [4.69, 9.17) is 32.7 Å². The summed E-state index contributed by atoms with van der Waals surface area (Å²) < 4.78 is 11.0. The first-order valence-corrected chi connectivity index (χ1v) is 9.44. The van der Waals surface area contributed by atoms with E-state index in [9.17, 15) is 9.59 Å². The Balaban J connectivity index is 1.58. The van der Waals surface area contributed by atoms with Gasteiger partial charge in [0.25, 0.3) is 0 Å². The molecule has 0 saturated heterocycles. The van der Waals surface area contributed by atoms with Crippen molar-refractivity contribution in [2.75, 3.05) is 0 Å². The first-order valence-electron chi connectivity index (χ1n) is 7.80. The molecule has 1 aliphatic heterocycles. The van der Waals surface area contributed by atoms with Crippen LogP contribution in [0, 0.1) is 0 Å². The Morgan fingerprint density at radius 3 is 2.70 bits per heavy atom. The van der Waals surface area contributed by atoms with E-state index in [0.29, 0.717) is 37.5 Å². The third-order valence-corrected chi connectivity index (χ3v) is 5.24. The standard InChI is InChI=1S/C20H10Cl2O4S/c21-12-4-3-11(15(22)9-12)8-17-19(23)14-6-5-13(10-16(14)26-17)25-20(24)18-2-1-7-27-18/h1-10H. The number of hydrogen-bond donors (Lipinski definition) is 0. The van der Waals surface area contributed by atoms with Gasteiger partial charge in [0.2, 0.25) is 5.78 Å². The van der Waals surface area contributed by atoms with E-state index in [2.05, 4.69) is 0 Å². The monoisotopic (exact) mass is 416 g/mol. The Hall–Kier alpha value is -2.60. The molecule has 2 heterocycles. The van der Waals surface area contributed by atoms with E-state index >= 15 is 0 Å². The molecule has 7 heteroatoms. The molecule has 0 fully saturated rings. The van der Waals surface area contributed by atoms with Crippen LogP contribution < -0.4 is 9.47 Å². The maximum absolute atomic E-state index is 12.5. The largest absolute Gasteiger partial charge is 0.452 e. The number of ketones is 1. The van der Waals surface area contributed by atoms with Gasteiger partial charge in [-0.15, -0.1) is 11.3 Å². The molecule has 4 nitrogen and oxygen atoms in total. The first kappa shape index (κ1) is 17.8. The minimum Gasteiger partial charge on any atom is -0.452 e. The topological polar surface area (TPSA) is 52.6 Å². The molecule has 0 radical (unpaired) electrons. The van der Waals surface area contributed by atoms with Crippen LogP contribution in [-0.2, 0) is 0 Å². The summed E-state index contributed by atoms with van der Waals surface area (Å²) in [4.78, 5) is 25.1. The summed E-state index contributed by atoms with van der Waals surface area (Å²) in [5.74, 6) is 0.0274. The molecule has 0 saturated carbocycles. The van der Waals surface area contributed by atoms with E-state index < -0.39 is 5.97 Å². The minimum absolute atomic E-state index is 0.135. The van der Waals surface area contributed by atoms with Crippen molar-refractivity contribution in [2.24, 2.45) is 0 Å². The number of allylic oxidation sites excluding steroid dienone is 1. The van der Waals surface area contributed by atoms with Gasteiger partial charge in [-0.2, -0.15) is 0 Å². The van der Waals surface area contributed by atoms with Gasteiger partial charge in [-0.05, 0) is 47.4 Å². The number of carbonyl (C=O) groups is 2. The normalized spacial score (nSPS) is 14.1. The SMILES string of the molecule is O=C(Oc1ccc2c(c1)OC(=Cc1ccc(Cl)cc1Cl)C2=O)c1cccs1. The Kier molecular flexibility index (Phi) is 4.74. The van der Waals surface area contributed by atoms with Gasteiger partial charge in [-0.3, -0.25) is 4.79 Å². The summed E-state index contributed by atoms with van der Waals surface area (Å²) in [6.07, 6.45) is 1.55. The van der Waals surface area contributed by atoms with Crippen LogP contribution in [0.3, 0.4) is 0 Å². The molecule has 134 valence electrons. The van der Waals surface area contributed by atoms with Crippen molar-refractivity contribution < 1.29 is 19.1 Å². The zero-order chi connectivity index (χ0) is 19.0. The summed E-state index contributed by atoms with van der Waals surface area (Å²) in [5, 5.41) is 2.70. The summed E-state index contributed by atoms with van der Waals surface area (Å²) >= 11 is 13.3. The number of halogens is 2. The van der Waals surface area contributed by atoms with Gasteiger partial charge in [0.15, 0.2) is 5.76 Å². The molecule has 4 rings (SSSR count). The van der Waals surface area contributed by atoms with E-state index in [1.807, 2.05) is 0 Å². The molecule has 0 amide bonds. The van der Waals surface area contributed by atoms with Crippen LogP contribution in [0.2, 0.25) is 10.0 Å². The number of fused-ring (bicyclic) bond motifs is 1. The fourth-order valence-corrected chi connectivity index (χ4v) is 3.60. The molecule has 0 bridgehead atoms. The third-order valence-electron chi connectivity index (χ3n) is 3.82. The Labute approximate surface area is 168 Å². The molecule has 0 aliphatic carbocycles. The molecule has 0 unspecified atom stereocenters. The number of esters is 1. The highest BCUT2D eigenvalue weighted by Crippen LogP contribution is 2.36. The van der Waals surface area contributed by atoms with Crippen molar-refractivity contribution >= 4 is 52.4 Å². The summed E-state index contributed by atoms with van der Waals surface area (Å²) in [5.41, 5.74) is 1.00. The first-order chi connectivity index (χ1) is 13.0. The van der Waals surface area contributed by atoms with Gasteiger partial charge >= 0.3 is 5.97 Å². The Morgan fingerprint density at radius 1 is 1.11 bits per heavy atom. The maximum atomic E-state index is 12.5. The lowest BCUT2D eigenvalue weighted by Crippen LogP contribution is -2.06. The molecule has 27 heavy (non-hydrogen) atoms. The smallest absolute Gasteiger partial charge is 0.353 e. The van der Waals surface area contributed by atoms with Crippen LogP contribution in [0.5, 0.6) is 11.5 Å². The minimum atomic E-state index is -0.460. The van der Waals surface area contributed by atoms with Gasteiger partial charge in [-0.25, -0.2) is 4.79 Å². The molecular weight excluding hydrogens is 407 g/mol. The average Bonchev–Trinajstić information content (AvgIpc) is 3.26. The van der Waals surface area contributed by atoms with E-state index in [1.165, 1.54) is 17.4 Å². The zero-order valence-electron chi connectivity index (χ0n) is 13.6. The van der Waals surface area contributed by atoms with Gasteiger partial charge in [0, 0.05) is 16.1 Å². The number of benzene rings is 2. The van der Waals surface area contributed by atoms with Gasteiger partial charge in [0.05, 0.1) is 5.56 Å². The molecule has 0 N–H and O–H groups in total. The summed E-state index contributed by atoms with van der Waals surface area (Å²) in [6, 6.07) is 13.1. The van der Waals surface area contributed by atoms with Crippen molar-refractivity contribution in [1.29, 1.82) is 0 Å². The predicted molar refractivity (Wildman–Crippen MR) is 105 cm³/mol. The van der Waals surface area contributed by atoms with Crippen molar-refractivity contribution in [3.63, 3.8) is 0 Å². The number of ether oxygens (including phenoxy) is 2. The lowest BCUT2D eigenvalue weighted by molar-refractivity contribution is 0.0739. The fourth-order valence-electron chi connectivity index (χ4n) is 2.54. The van der Waals surface area contributed by atoms with Gasteiger partial charge in [-0.1, -0.05) is 35.3 Å². The number of carbonyl (C=O) groups excluding carboxylic acids is 2. The van der Waals surface area contributed by atoms with E-state index in [-0.39, 0.29) is 11.5 Å². The quantitative estimate of drug-likeness (QED) is 0.303. The molecule has 0 atom stereocenters. The van der Waals surface area contributed by atoms with Crippen LogP contribution in [0.25, 0.3) is 6.08 Å². The van der Waals surface area contributed by atoms with Crippen molar-refractivity contribution in [1.82, 2.24) is 0 Å². The van der Waals surface area contributed by atoms with E-state index in [1.54, 1.807) is 53.9 Å². The molecule has 2 aromatic carbocycles. The van der Waals surface area contributed by atoms with Crippen LogP contribution in [0.1, 0.15) is 25.6 Å². The molecule has 0 spiro atoms. The van der Waals surface area contributed by atoms with Crippen LogP contribution in [-0.4, -0.2) is 11.8 Å². The summed E-state index contributed by atoms with van der Waals surface area (Å²) in [7, 11) is 0. The van der Waals surface area contributed by atoms with Crippen LogP contribution in [0.15, 0.2) is 59.7 Å². The molecule has 3 aromatic rings. The highest BCUT2D eigenvalue weighted by atomic mass is 35.5. The summed E-state index contributed by atoms with van der Waals surface area (Å²) in [6.45, 7) is 0. The Bertz CT molecular complexity index is 1090. The van der Waals surface area contributed by atoms with Crippen molar-refractivity contribution in [3.8, 4) is 11.5 Å². The second-order valence-corrected chi connectivity index (χ2v) is 7.42. The second kappa shape index (κ2) is 7.19. The average molecular weight is 417 g/mol. The van der Waals surface area contributed by atoms with Crippen LogP contribution >= 0.6 is 34.5 Å². The van der Waals surface area contributed by atoms with Crippen molar-refractivity contribution in [3.05, 3.63) is 85.7 Å². The highest BCUT2D eigenvalue weighted by Gasteiger charge is 2.28. The zero-order valence-corrected chi connectivity index (χ0v) is 15.9. The number of rotatable bonds is 3. The van der Waals surface area contributed by atoms with Gasteiger partial charge < -0.3 is 9.47 Å². The molecule has 1 aliphatic rings. The lowest BCUT2D eigenvalue weighted by Gasteiger charge is -2.04. The molecule has 1 aromatic heterocycles. The van der Waals surface area contributed by atoms with E-state index in [0.717, 1.165) is 0 Å².